The maximum absolute atomic E-state index is 12.5. The monoisotopic (exact) mass is 474 g/mol. The van der Waals surface area contributed by atoms with Crippen LogP contribution in [0.1, 0.15) is 24.8 Å². The number of carboxylic acids is 1. The fourth-order valence-electron chi connectivity index (χ4n) is 3.88. The van der Waals surface area contributed by atoms with Crippen molar-refractivity contribution < 1.29 is 29.7 Å². The number of rotatable bonds is 7. The molecule has 1 saturated heterocycles. The standard InChI is InChI=1S/C24H27ClN2O6/c25-18-4-1-3-17(12-18)16-8-6-15(7-9-16)11-19(13-21(29)24(32)33)26-22(30)23(31)27-10-2-5-20(28)14-27/h1,3-4,6-9,12,19-21,28-29H,2,5,10-11,13-14H2,(H,26,30)(H,32,33)/t19-,20-,21-/m1/s1. The van der Waals surface area contributed by atoms with Gasteiger partial charge in [-0.05, 0) is 48.1 Å². The first-order valence-electron chi connectivity index (χ1n) is 10.8. The summed E-state index contributed by atoms with van der Waals surface area (Å²) in [7, 11) is 0. The second kappa shape index (κ2) is 11.3. The average molecular weight is 475 g/mol. The second-order valence-corrected chi connectivity index (χ2v) is 8.66. The van der Waals surface area contributed by atoms with Gasteiger partial charge in [0.05, 0.1) is 6.10 Å². The molecule has 0 aliphatic carbocycles. The van der Waals surface area contributed by atoms with Gasteiger partial charge in [0.25, 0.3) is 0 Å². The van der Waals surface area contributed by atoms with Crippen LogP contribution < -0.4 is 5.32 Å². The molecule has 176 valence electrons. The zero-order chi connectivity index (χ0) is 24.0. The van der Waals surface area contributed by atoms with Crippen molar-refractivity contribution in [1.29, 1.82) is 0 Å². The van der Waals surface area contributed by atoms with E-state index < -0.39 is 36.0 Å². The lowest BCUT2D eigenvalue weighted by Gasteiger charge is -2.30. The third-order valence-electron chi connectivity index (χ3n) is 5.60. The summed E-state index contributed by atoms with van der Waals surface area (Å²) < 4.78 is 0. The minimum Gasteiger partial charge on any atom is -0.479 e. The molecule has 3 atom stereocenters. The predicted octanol–water partition coefficient (Wildman–Crippen LogP) is 1.85. The summed E-state index contributed by atoms with van der Waals surface area (Å²) in [5.74, 6) is -3.07. The quantitative estimate of drug-likeness (QED) is 0.453. The molecule has 2 aromatic carbocycles. The number of aliphatic hydroxyl groups excluding tert-OH is 2. The van der Waals surface area contributed by atoms with E-state index >= 15 is 0 Å². The number of likely N-dealkylation sites (tertiary alicyclic amines) is 1. The molecule has 9 heteroatoms. The molecule has 2 amide bonds. The Bertz CT molecular complexity index is 997. The van der Waals surface area contributed by atoms with Gasteiger partial charge in [-0.3, -0.25) is 9.59 Å². The van der Waals surface area contributed by atoms with Gasteiger partial charge in [-0.15, -0.1) is 0 Å². The van der Waals surface area contributed by atoms with E-state index in [1.165, 1.54) is 4.90 Å². The molecule has 0 spiro atoms. The van der Waals surface area contributed by atoms with Crippen LogP contribution in [0.2, 0.25) is 5.02 Å². The third-order valence-corrected chi connectivity index (χ3v) is 5.84. The minimum atomic E-state index is -1.69. The van der Waals surface area contributed by atoms with Crippen molar-refractivity contribution in [3.63, 3.8) is 0 Å². The van der Waals surface area contributed by atoms with Gasteiger partial charge in [0.15, 0.2) is 6.10 Å². The molecule has 3 rings (SSSR count). The summed E-state index contributed by atoms with van der Waals surface area (Å²) in [5.41, 5.74) is 2.67. The maximum Gasteiger partial charge on any atom is 0.332 e. The van der Waals surface area contributed by atoms with Crippen molar-refractivity contribution in [2.24, 2.45) is 0 Å². The van der Waals surface area contributed by atoms with Gasteiger partial charge in [0.1, 0.15) is 0 Å². The van der Waals surface area contributed by atoms with E-state index in [1.807, 2.05) is 42.5 Å². The van der Waals surface area contributed by atoms with E-state index in [0.29, 0.717) is 24.4 Å². The summed E-state index contributed by atoms with van der Waals surface area (Å²) >= 11 is 6.05. The first-order chi connectivity index (χ1) is 15.7. The molecule has 0 unspecified atom stereocenters. The number of aliphatic carboxylic acids is 1. The summed E-state index contributed by atoms with van der Waals surface area (Å²) in [6, 6.07) is 14.1. The number of β-amino-alcohol motifs (C(OH)–C–C–N with tert-alkyl or cyclic N) is 1. The van der Waals surface area contributed by atoms with Gasteiger partial charge in [-0.1, -0.05) is 48.0 Å². The second-order valence-electron chi connectivity index (χ2n) is 8.22. The average Bonchev–Trinajstić information content (AvgIpc) is 2.78. The van der Waals surface area contributed by atoms with Crippen molar-refractivity contribution in [2.75, 3.05) is 13.1 Å². The van der Waals surface area contributed by atoms with Crippen LogP contribution in [0.15, 0.2) is 48.5 Å². The normalized spacial score (nSPS) is 17.8. The molecule has 1 aliphatic rings. The highest BCUT2D eigenvalue weighted by Gasteiger charge is 2.29. The van der Waals surface area contributed by atoms with Crippen LogP contribution in [-0.2, 0) is 20.8 Å². The molecule has 0 aromatic heterocycles. The molecule has 1 fully saturated rings. The van der Waals surface area contributed by atoms with E-state index in [0.717, 1.165) is 16.7 Å². The number of piperidine rings is 1. The number of nitrogens with one attached hydrogen (secondary N) is 1. The number of benzene rings is 2. The van der Waals surface area contributed by atoms with Crippen LogP contribution in [0.4, 0.5) is 0 Å². The maximum atomic E-state index is 12.5. The summed E-state index contributed by atoms with van der Waals surface area (Å²) in [6.07, 6.45) is -1.22. The Morgan fingerprint density at radius 3 is 2.48 bits per heavy atom. The molecule has 0 saturated carbocycles. The number of nitrogens with zero attached hydrogens (tertiary/aromatic N) is 1. The summed E-state index contributed by atoms with van der Waals surface area (Å²) in [6.45, 7) is 0.455. The highest BCUT2D eigenvalue weighted by Crippen LogP contribution is 2.23. The molecular formula is C24H27ClN2O6. The number of carbonyl (C=O) groups excluding carboxylic acids is 2. The number of hydrogen-bond acceptors (Lipinski definition) is 5. The predicted molar refractivity (Wildman–Crippen MR) is 123 cm³/mol. The summed E-state index contributed by atoms with van der Waals surface area (Å²) in [4.78, 5) is 37.5. The zero-order valence-corrected chi connectivity index (χ0v) is 18.7. The Morgan fingerprint density at radius 1 is 1.12 bits per heavy atom. The van der Waals surface area contributed by atoms with Crippen molar-refractivity contribution >= 4 is 29.4 Å². The van der Waals surface area contributed by atoms with Crippen LogP contribution in [0, 0.1) is 0 Å². The molecular weight excluding hydrogens is 448 g/mol. The lowest BCUT2D eigenvalue weighted by atomic mass is 9.97. The SMILES string of the molecule is O=C(N[C@H](Cc1ccc(-c2cccc(Cl)c2)cc1)C[C@@H](O)C(=O)O)C(=O)N1CCC[C@@H](O)C1. The first-order valence-corrected chi connectivity index (χ1v) is 11.1. The van der Waals surface area contributed by atoms with E-state index in [1.54, 1.807) is 6.07 Å². The Hall–Kier alpha value is -2.94. The van der Waals surface area contributed by atoms with E-state index in [9.17, 15) is 24.6 Å². The van der Waals surface area contributed by atoms with Crippen LogP contribution in [-0.4, -0.2) is 69.3 Å². The van der Waals surface area contributed by atoms with Gasteiger partial charge in [-0.25, -0.2) is 4.79 Å². The lowest BCUT2D eigenvalue weighted by Crippen LogP contribution is -2.51. The number of carboxylic acid groups (broad SMARTS) is 1. The van der Waals surface area contributed by atoms with E-state index in [-0.39, 0.29) is 19.4 Å². The van der Waals surface area contributed by atoms with Gasteiger partial charge in [0.2, 0.25) is 0 Å². The van der Waals surface area contributed by atoms with Gasteiger partial charge < -0.3 is 25.5 Å². The fraction of sp³-hybridized carbons (Fsp3) is 0.375. The molecule has 4 N–H and O–H groups in total. The Labute approximate surface area is 196 Å². The number of hydrogen-bond donors (Lipinski definition) is 4. The van der Waals surface area contributed by atoms with Crippen molar-refractivity contribution in [3.05, 3.63) is 59.1 Å². The topological polar surface area (TPSA) is 127 Å². The lowest BCUT2D eigenvalue weighted by molar-refractivity contribution is -0.149. The molecule has 8 nitrogen and oxygen atoms in total. The minimum absolute atomic E-state index is 0.0830. The molecule has 1 aliphatic heterocycles. The number of halogens is 1. The number of carbonyl (C=O) groups is 3. The van der Waals surface area contributed by atoms with Crippen molar-refractivity contribution in [2.45, 2.75) is 43.9 Å². The van der Waals surface area contributed by atoms with Crippen LogP contribution in [0.3, 0.4) is 0 Å². The molecule has 33 heavy (non-hydrogen) atoms. The largest absolute Gasteiger partial charge is 0.479 e. The Balaban J connectivity index is 1.70. The molecule has 1 heterocycles. The van der Waals surface area contributed by atoms with Gasteiger partial charge >= 0.3 is 17.8 Å². The molecule has 0 radical (unpaired) electrons. The Morgan fingerprint density at radius 2 is 1.85 bits per heavy atom. The van der Waals surface area contributed by atoms with Crippen molar-refractivity contribution in [3.8, 4) is 11.1 Å². The summed E-state index contributed by atoms with van der Waals surface area (Å²) in [5, 5.41) is 31.9. The van der Waals surface area contributed by atoms with Crippen LogP contribution in [0.5, 0.6) is 0 Å². The molecule has 0 bridgehead atoms. The molecule has 2 aromatic rings. The number of aliphatic hydroxyl groups is 2. The van der Waals surface area contributed by atoms with Crippen LogP contribution in [0.25, 0.3) is 11.1 Å². The third kappa shape index (κ3) is 7.02. The van der Waals surface area contributed by atoms with Gasteiger partial charge in [-0.2, -0.15) is 0 Å². The number of amides is 2. The van der Waals surface area contributed by atoms with E-state index in [2.05, 4.69) is 5.32 Å². The highest BCUT2D eigenvalue weighted by molar-refractivity contribution is 6.35. The Kier molecular flexibility index (Phi) is 8.43. The first kappa shape index (κ1) is 24.7. The smallest absolute Gasteiger partial charge is 0.332 e. The van der Waals surface area contributed by atoms with E-state index in [4.69, 9.17) is 16.7 Å². The fourth-order valence-corrected chi connectivity index (χ4v) is 4.07. The highest BCUT2D eigenvalue weighted by atomic mass is 35.5. The zero-order valence-electron chi connectivity index (χ0n) is 18.0. The van der Waals surface area contributed by atoms with Crippen molar-refractivity contribution in [1.82, 2.24) is 10.2 Å². The van der Waals surface area contributed by atoms with Gasteiger partial charge in [0, 0.05) is 30.6 Å². The van der Waals surface area contributed by atoms with Crippen LogP contribution >= 0.6 is 11.6 Å².